The molecular formula is C12H8F3IN2O. The van der Waals surface area contributed by atoms with Crippen LogP contribution in [-0.4, -0.2) is 9.97 Å². The first-order valence-electron chi connectivity index (χ1n) is 5.23. The minimum Gasteiger partial charge on any atom is -0.306 e. The Hall–Kier alpha value is -1.38. The molecule has 0 saturated carbocycles. The van der Waals surface area contributed by atoms with Crippen molar-refractivity contribution in [2.24, 2.45) is 0 Å². The molecule has 19 heavy (non-hydrogen) atoms. The molecule has 0 unspecified atom stereocenters. The SMILES string of the molecule is Cc1nc(-c2ccccc2C(F)(F)F)[nH]c(=O)c1I. The summed E-state index contributed by atoms with van der Waals surface area (Å²) in [5.41, 5.74) is -0.998. The molecule has 1 N–H and O–H groups in total. The Labute approximate surface area is 120 Å². The Bertz CT molecular complexity index is 679. The van der Waals surface area contributed by atoms with Crippen molar-refractivity contribution in [2.45, 2.75) is 13.1 Å². The molecule has 2 aromatic rings. The fourth-order valence-electron chi connectivity index (χ4n) is 1.64. The van der Waals surface area contributed by atoms with Gasteiger partial charge in [-0.25, -0.2) is 4.98 Å². The van der Waals surface area contributed by atoms with E-state index in [1.807, 2.05) is 0 Å². The number of alkyl halides is 3. The summed E-state index contributed by atoms with van der Waals surface area (Å²) >= 11 is 1.80. The number of rotatable bonds is 1. The number of aromatic nitrogens is 2. The molecule has 0 radical (unpaired) electrons. The predicted molar refractivity (Wildman–Crippen MR) is 72.7 cm³/mol. The van der Waals surface area contributed by atoms with Crippen molar-refractivity contribution in [3.05, 3.63) is 49.4 Å². The molecule has 1 aromatic carbocycles. The van der Waals surface area contributed by atoms with Crippen LogP contribution < -0.4 is 5.56 Å². The summed E-state index contributed by atoms with van der Waals surface area (Å²) in [6.45, 7) is 1.58. The zero-order valence-electron chi connectivity index (χ0n) is 9.68. The molecule has 100 valence electrons. The molecule has 0 aliphatic heterocycles. The largest absolute Gasteiger partial charge is 0.417 e. The first-order valence-corrected chi connectivity index (χ1v) is 6.31. The Morgan fingerprint density at radius 1 is 1.26 bits per heavy atom. The molecule has 7 heteroatoms. The maximum atomic E-state index is 12.9. The van der Waals surface area contributed by atoms with Crippen LogP contribution in [0.4, 0.5) is 13.2 Å². The number of benzene rings is 1. The third-order valence-electron chi connectivity index (χ3n) is 2.52. The summed E-state index contributed by atoms with van der Waals surface area (Å²) in [6.07, 6.45) is -4.49. The van der Waals surface area contributed by atoms with Crippen molar-refractivity contribution in [1.82, 2.24) is 9.97 Å². The molecule has 0 spiro atoms. The van der Waals surface area contributed by atoms with Gasteiger partial charge in [0, 0.05) is 5.56 Å². The Morgan fingerprint density at radius 3 is 2.47 bits per heavy atom. The summed E-state index contributed by atoms with van der Waals surface area (Å²) in [7, 11) is 0. The highest BCUT2D eigenvalue weighted by molar-refractivity contribution is 14.1. The third kappa shape index (κ3) is 2.80. The number of halogens is 4. The standard InChI is InChI=1S/C12H8F3IN2O/c1-6-9(16)11(19)18-10(17-6)7-4-2-3-5-8(7)12(13,14)15/h2-5H,1H3,(H,17,18,19). The van der Waals surface area contributed by atoms with Gasteiger partial charge >= 0.3 is 6.18 Å². The number of H-pyrrole nitrogens is 1. The summed E-state index contributed by atoms with van der Waals surface area (Å²) in [6, 6.07) is 5.01. The van der Waals surface area contributed by atoms with Crippen molar-refractivity contribution >= 4 is 22.6 Å². The number of aromatic amines is 1. The van der Waals surface area contributed by atoms with Crippen molar-refractivity contribution in [3.8, 4) is 11.4 Å². The van der Waals surface area contributed by atoms with Crippen LogP contribution in [0.2, 0.25) is 0 Å². The molecule has 0 atom stereocenters. The van der Waals surface area contributed by atoms with Crippen LogP contribution in [-0.2, 0) is 6.18 Å². The van der Waals surface area contributed by atoms with E-state index in [2.05, 4.69) is 9.97 Å². The van der Waals surface area contributed by atoms with E-state index in [9.17, 15) is 18.0 Å². The topological polar surface area (TPSA) is 45.8 Å². The maximum Gasteiger partial charge on any atom is 0.417 e. The lowest BCUT2D eigenvalue weighted by atomic mass is 10.1. The highest BCUT2D eigenvalue weighted by Gasteiger charge is 2.34. The maximum absolute atomic E-state index is 12.9. The van der Waals surface area contributed by atoms with Crippen LogP contribution in [0.3, 0.4) is 0 Å². The molecule has 2 rings (SSSR count). The predicted octanol–water partition coefficient (Wildman–Crippen LogP) is 3.37. The molecule has 0 saturated heterocycles. The summed E-state index contributed by atoms with van der Waals surface area (Å²) in [4.78, 5) is 18.0. The fraction of sp³-hybridized carbons (Fsp3) is 0.167. The van der Waals surface area contributed by atoms with E-state index in [4.69, 9.17) is 0 Å². The van der Waals surface area contributed by atoms with Gasteiger partial charge in [0.2, 0.25) is 0 Å². The molecule has 0 bridgehead atoms. The van der Waals surface area contributed by atoms with Gasteiger partial charge in [-0.1, -0.05) is 18.2 Å². The molecular weight excluding hydrogens is 372 g/mol. The third-order valence-corrected chi connectivity index (χ3v) is 3.79. The van der Waals surface area contributed by atoms with E-state index in [-0.39, 0.29) is 11.4 Å². The van der Waals surface area contributed by atoms with Gasteiger partial charge in [-0.05, 0) is 35.6 Å². The van der Waals surface area contributed by atoms with Crippen LogP contribution in [0.15, 0.2) is 29.1 Å². The molecule has 0 aliphatic rings. The van der Waals surface area contributed by atoms with Gasteiger partial charge in [-0.3, -0.25) is 4.79 Å². The van der Waals surface area contributed by atoms with E-state index in [1.165, 1.54) is 18.2 Å². The second kappa shape index (κ2) is 4.95. The Kier molecular flexibility index (Phi) is 3.66. The lowest BCUT2D eigenvalue weighted by Gasteiger charge is -2.12. The normalized spacial score (nSPS) is 11.6. The molecule has 1 heterocycles. The van der Waals surface area contributed by atoms with E-state index >= 15 is 0 Å². The fourth-order valence-corrected chi connectivity index (χ4v) is 1.89. The summed E-state index contributed by atoms with van der Waals surface area (Å²) in [5.74, 6) is -0.0733. The summed E-state index contributed by atoms with van der Waals surface area (Å²) in [5, 5.41) is 0. The smallest absolute Gasteiger partial charge is 0.306 e. The second-order valence-electron chi connectivity index (χ2n) is 3.86. The van der Waals surface area contributed by atoms with Gasteiger partial charge in [0.05, 0.1) is 14.8 Å². The first-order chi connectivity index (χ1) is 8.80. The second-order valence-corrected chi connectivity index (χ2v) is 4.94. The zero-order valence-corrected chi connectivity index (χ0v) is 11.8. The molecule has 1 aromatic heterocycles. The minimum absolute atomic E-state index is 0.0733. The van der Waals surface area contributed by atoms with Gasteiger partial charge in [0.1, 0.15) is 5.82 Å². The number of aryl methyl sites for hydroxylation is 1. The summed E-state index contributed by atoms with van der Waals surface area (Å²) < 4.78 is 39.0. The van der Waals surface area contributed by atoms with Gasteiger partial charge in [-0.2, -0.15) is 13.2 Å². The van der Waals surface area contributed by atoms with Crippen LogP contribution in [0, 0.1) is 10.5 Å². The average molecular weight is 380 g/mol. The molecule has 0 fully saturated rings. The van der Waals surface area contributed by atoms with Gasteiger partial charge in [0.25, 0.3) is 5.56 Å². The quantitative estimate of drug-likeness (QED) is 0.772. The molecule has 0 amide bonds. The van der Waals surface area contributed by atoms with Crippen LogP contribution in [0.1, 0.15) is 11.3 Å². The molecule has 3 nitrogen and oxygen atoms in total. The van der Waals surface area contributed by atoms with E-state index < -0.39 is 17.3 Å². The highest BCUT2D eigenvalue weighted by atomic mass is 127. The first kappa shape index (κ1) is 14.0. The van der Waals surface area contributed by atoms with Crippen molar-refractivity contribution in [2.75, 3.05) is 0 Å². The van der Waals surface area contributed by atoms with Crippen molar-refractivity contribution in [1.29, 1.82) is 0 Å². The van der Waals surface area contributed by atoms with Crippen molar-refractivity contribution < 1.29 is 13.2 Å². The number of hydrogen-bond donors (Lipinski definition) is 1. The average Bonchev–Trinajstić information content (AvgIpc) is 2.34. The zero-order chi connectivity index (χ0) is 14.2. The highest BCUT2D eigenvalue weighted by Crippen LogP contribution is 2.35. The number of hydrogen-bond acceptors (Lipinski definition) is 2. The van der Waals surface area contributed by atoms with E-state index in [0.717, 1.165) is 6.07 Å². The van der Waals surface area contributed by atoms with Crippen LogP contribution in [0.25, 0.3) is 11.4 Å². The Balaban J connectivity index is 2.70. The van der Waals surface area contributed by atoms with Crippen molar-refractivity contribution in [3.63, 3.8) is 0 Å². The van der Waals surface area contributed by atoms with Gasteiger partial charge in [0.15, 0.2) is 0 Å². The van der Waals surface area contributed by atoms with Crippen LogP contribution in [0.5, 0.6) is 0 Å². The lowest BCUT2D eigenvalue weighted by Crippen LogP contribution is -2.16. The molecule has 0 aliphatic carbocycles. The van der Waals surface area contributed by atoms with Crippen LogP contribution >= 0.6 is 22.6 Å². The van der Waals surface area contributed by atoms with E-state index in [0.29, 0.717) is 9.26 Å². The Morgan fingerprint density at radius 2 is 1.89 bits per heavy atom. The minimum atomic E-state index is -4.49. The number of nitrogens with zero attached hydrogens (tertiary/aromatic N) is 1. The van der Waals surface area contributed by atoms with Gasteiger partial charge in [-0.15, -0.1) is 0 Å². The number of nitrogens with one attached hydrogen (secondary N) is 1. The lowest BCUT2D eigenvalue weighted by molar-refractivity contribution is -0.137. The van der Waals surface area contributed by atoms with Gasteiger partial charge < -0.3 is 4.98 Å². The monoisotopic (exact) mass is 380 g/mol. The van der Waals surface area contributed by atoms with E-state index in [1.54, 1.807) is 29.5 Å².